The van der Waals surface area contributed by atoms with E-state index in [-0.39, 0.29) is 56.0 Å². The second-order valence-electron chi connectivity index (χ2n) is 26.1. The quantitative estimate of drug-likeness (QED) is 0.146. The van der Waals surface area contributed by atoms with E-state index in [0.29, 0.717) is 28.7 Å². The molecular formula is C79H60F6. The number of allylic oxidation sites excluding steroid dienone is 17. The van der Waals surface area contributed by atoms with Crippen LogP contribution in [0.2, 0.25) is 0 Å². The van der Waals surface area contributed by atoms with E-state index in [1.165, 1.54) is 28.9 Å². The van der Waals surface area contributed by atoms with E-state index in [4.69, 9.17) is 0 Å². The van der Waals surface area contributed by atoms with Crippen LogP contribution in [0.5, 0.6) is 0 Å². The van der Waals surface area contributed by atoms with Gasteiger partial charge in [0.1, 0.15) is 0 Å². The topological polar surface area (TPSA) is 0 Å². The number of rotatable bonds is 6. The summed E-state index contributed by atoms with van der Waals surface area (Å²) in [5.74, 6) is -0.283. The van der Waals surface area contributed by atoms with Gasteiger partial charge in [-0.05, 0) is 210 Å². The monoisotopic (exact) mass is 1120 g/mol. The predicted molar refractivity (Wildman–Crippen MR) is 337 cm³/mol. The molecule has 0 saturated heterocycles. The van der Waals surface area contributed by atoms with Crippen LogP contribution >= 0.6 is 0 Å². The molecule has 0 N–H and O–H groups in total. The highest BCUT2D eigenvalue weighted by atomic mass is 19.4. The maximum atomic E-state index is 17.6. The van der Waals surface area contributed by atoms with E-state index in [2.05, 4.69) is 90.1 Å². The molecule has 85 heavy (non-hydrogen) atoms. The SMILES string of the molecule is CC(C)(C)C1=CC2=CC=C3C=CC(c4cc(-c5cccc(-c6ccccc6)c5)c5c(c4)C(C(F)(F)F)(C(F)(F)F)c4cc(-c6ccc7c8c9c(ccc68)C=C(C(C)(C)C)CC9=CC7)cc(-c6cccc(-c7ccccc7)c6)c4-5)=C4C=CC(=C1)C2C34. The Morgan fingerprint density at radius 3 is 1.62 bits per heavy atom. The average Bonchev–Trinajstić information content (AvgIpc) is 1.61. The highest BCUT2D eigenvalue weighted by Crippen LogP contribution is 2.68. The van der Waals surface area contributed by atoms with Crippen molar-refractivity contribution in [3.05, 3.63) is 279 Å². The summed E-state index contributed by atoms with van der Waals surface area (Å²) < 4.78 is 105. The maximum absolute atomic E-state index is 17.6. The van der Waals surface area contributed by atoms with Crippen LogP contribution < -0.4 is 0 Å². The van der Waals surface area contributed by atoms with E-state index in [9.17, 15) is 0 Å². The summed E-state index contributed by atoms with van der Waals surface area (Å²) in [7, 11) is 0. The van der Waals surface area contributed by atoms with Crippen LogP contribution in [-0.2, 0) is 11.8 Å². The van der Waals surface area contributed by atoms with Gasteiger partial charge in [0.15, 0.2) is 0 Å². The molecule has 2 unspecified atom stereocenters. The summed E-state index contributed by atoms with van der Waals surface area (Å²) in [5, 5.41) is 1.77. The molecule has 0 fully saturated rings. The van der Waals surface area contributed by atoms with E-state index < -0.39 is 28.9 Å². The summed E-state index contributed by atoms with van der Waals surface area (Å²) in [6.07, 6.45) is 11.0. The Labute approximate surface area is 492 Å². The van der Waals surface area contributed by atoms with Crippen LogP contribution in [0.4, 0.5) is 26.3 Å². The first kappa shape index (κ1) is 53.0. The summed E-state index contributed by atoms with van der Waals surface area (Å²) in [6.45, 7) is 13.2. The molecule has 2 atom stereocenters. The molecule has 7 aliphatic rings. The van der Waals surface area contributed by atoms with Gasteiger partial charge in [0.25, 0.3) is 0 Å². The molecule has 15 rings (SSSR count). The lowest BCUT2D eigenvalue weighted by Gasteiger charge is -2.42. The van der Waals surface area contributed by atoms with Crippen LogP contribution in [0.25, 0.3) is 94.8 Å². The molecule has 8 aromatic rings. The fourth-order valence-electron chi connectivity index (χ4n) is 14.9. The van der Waals surface area contributed by atoms with Gasteiger partial charge in [-0.15, -0.1) is 0 Å². The normalized spacial score (nSPS) is 18.9. The molecule has 0 heterocycles. The first-order chi connectivity index (χ1) is 40.7. The van der Waals surface area contributed by atoms with Gasteiger partial charge in [0.05, 0.1) is 0 Å². The van der Waals surface area contributed by atoms with Crippen molar-refractivity contribution in [1.29, 1.82) is 0 Å². The van der Waals surface area contributed by atoms with Gasteiger partial charge in [-0.2, -0.15) is 26.3 Å². The van der Waals surface area contributed by atoms with Crippen LogP contribution in [0.1, 0.15) is 81.3 Å². The zero-order chi connectivity index (χ0) is 58.7. The van der Waals surface area contributed by atoms with Crippen molar-refractivity contribution >= 4 is 28.0 Å². The molecule has 8 aromatic carbocycles. The third-order valence-electron chi connectivity index (χ3n) is 19.2. The number of fused-ring (bicyclic) bond motifs is 3. The summed E-state index contributed by atoms with van der Waals surface area (Å²) in [6, 6.07) is 48.6. The summed E-state index contributed by atoms with van der Waals surface area (Å²) >= 11 is 0. The Hall–Kier alpha value is -8.74. The zero-order valence-electron chi connectivity index (χ0n) is 48.1. The Bertz CT molecular complexity index is 4520. The van der Waals surface area contributed by atoms with Gasteiger partial charge in [-0.25, -0.2) is 0 Å². The zero-order valence-corrected chi connectivity index (χ0v) is 48.1. The molecule has 0 nitrogen and oxygen atoms in total. The number of halogens is 6. The highest BCUT2D eigenvalue weighted by Gasteiger charge is 2.76. The van der Waals surface area contributed by atoms with Gasteiger partial charge in [0, 0.05) is 11.8 Å². The van der Waals surface area contributed by atoms with E-state index in [0.717, 1.165) is 78.4 Å². The van der Waals surface area contributed by atoms with Gasteiger partial charge in [-0.1, -0.05) is 229 Å². The van der Waals surface area contributed by atoms with Crippen molar-refractivity contribution in [3.8, 4) is 66.8 Å². The van der Waals surface area contributed by atoms with Crippen molar-refractivity contribution in [2.75, 3.05) is 0 Å². The van der Waals surface area contributed by atoms with E-state index in [1.54, 1.807) is 0 Å². The summed E-state index contributed by atoms with van der Waals surface area (Å²) in [4.78, 5) is 0. The fourth-order valence-corrected chi connectivity index (χ4v) is 14.9. The molecule has 0 aliphatic heterocycles. The van der Waals surface area contributed by atoms with Crippen molar-refractivity contribution in [2.45, 2.75) is 72.2 Å². The van der Waals surface area contributed by atoms with E-state index in [1.807, 2.05) is 158 Å². The first-order valence-electron chi connectivity index (χ1n) is 29.4. The van der Waals surface area contributed by atoms with Gasteiger partial charge >= 0.3 is 12.4 Å². The number of hydrogen-bond acceptors (Lipinski definition) is 0. The first-order valence-corrected chi connectivity index (χ1v) is 29.4. The van der Waals surface area contributed by atoms with Gasteiger partial charge < -0.3 is 0 Å². The third-order valence-corrected chi connectivity index (χ3v) is 19.2. The van der Waals surface area contributed by atoms with Crippen molar-refractivity contribution < 1.29 is 26.3 Å². The lowest BCUT2D eigenvalue weighted by atomic mass is 9.61. The Morgan fingerprint density at radius 2 is 1.01 bits per heavy atom. The lowest BCUT2D eigenvalue weighted by Crippen LogP contribution is -2.53. The van der Waals surface area contributed by atoms with Crippen molar-refractivity contribution in [3.63, 3.8) is 0 Å². The minimum absolute atomic E-state index is 0.0754. The highest BCUT2D eigenvalue weighted by molar-refractivity contribution is 6.10. The van der Waals surface area contributed by atoms with E-state index >= 15 is 26.3 Å². The molecule has 0 aromatic heterocycles. The summed E-state index contributed by atoms with van der Waals surface area (Å²) in [5.41, 5.74) is 11.0. The Kier molecular flexibility index (Phi) is 11.6. The minimum atomic E-state index is -5.89. The molecule has 6 heteroatoms. The smallest absolute Gasteiger partial charge is 0.169 e. The van der Waals surface area contributed by atoms with Crippen molar-refractivity contribution in [2.24, 2.45) is 22.7 Å². The molecule has 0 bridgehead atoms. The Morgan fingerprint density at radius 1 is 0.435 bits per heavy atom. The van der Waals surface area contributed by atoms with Crippen LogP contribution in [0.15, 0.2) is 246 Å². The standard InChI is InChI=1S/C79H60F6/c1-75(2,3)59-37-53-25-23-47-27-31-61(63-33-29-55(39-59)69(53)71(47)63)57-41-65(51-21-13-19-49(35-51)45-15-9-7-10-16-45)73-67(43-57)77(78(80,81)82,79(83,84)85)68-44-58(42-66(74(68)73)52-22-14-20-50(36-52)46-17-11-8-12-18-46)62-32-28-48-24-26-54-38-60(76(4,5)6)40-56-30-34-64(62)72(48)70(54)56/h7-23,25-37,39-44,69,71H,24,38H2,1-6H3. The Balaban J connectivity index is 1.05. The molecule has 0 radical (unpaired) electrons. The maximum Gasteiger partial charge on any atom is 0.411 e. The minimum Gasteiger partial charge on any atom is -0.169 e. The van der Waals surface area contributed by atoms with Gasteiger partial charge in [0.2, 0.25) is 5.41 Å². The van der Waals surface area contributed by atoms with Crippen LogP contribution in [0.3, 0.4) is 0 Å². The molecule has 0 saturated carbocycles. The average molecular weight is 1120 g/mol. The molecule has 7 aliphatic carbocycles. The second kappa shape index (κ2) is 18.6. The third kappa shape index (κ3) is 8.10. The number of benzene rings is 8. The van der Waals surface area contributed by atoms with Crippen molar-refractivity contribution in [1.82, 2.24) is 0 Å². The van der Waals surface area contributed by atoms with Gasteiger partial charge in [-0.3, -0.25) is 0 Å². The molecule has 418 valence electrons. The fraction of sp³-hybridized carbons (Fsp3) is 0.190. The molecular weight excluding hydrogens is 1060 g/mol. The van der Waals surface area contributed by atoms with Crippen LogP contribution in [-0.4, -0.2) is 12.4 Å². The second-order valence-corrected chi connectivity index (χ2v) is 26.1. The number of hydrogen-bond donors (Lipinski definition) is 0. The van der Waals surface area contributed by atoms with Crippen LogP contribution in [0, 0.1) is 22.7 Å². The predicted octanol–water partition coefficient (Wildman–Crippen LogP) is 22.2. The largest absolute Gasteiger partial charge is 0.411 e. The lowest BCUT2D eigenvalue weighted by molar-refractivity contribution is -0.287. The molecule has 0 spiro atoms. The molecule has 0 amide bonds. The number of alkyl halides is 6.